The number of carbonyl (C=O) groups is 2. The zero-order valence-electron chi connectivity index (χ0n) is 20.9. The third kappa shape index (κ3) is 8.10. The maximum absolute atomic E-state index is 13.3. The van der Waals surface area contributed by atoms with Crippen molar-refractivity contribution in [2.24, 2.45) is 0 Å². The molecule has 0 aliphatic carbocycles. The maximum atomic E-state index is 13.3. The van der Waals surface area contributed by atoms with E-state index in [-0.39, 0.29) is 31.2 Å². The molecule has 3 aromatic rings. The Kier molecular flexibility index (Phi) is 9.71. The summed E-state index contributed by atoms with van der Waals surface area (Å²) in [6, 6.07) is 19.6. The fraction of sp³-hybridized carbons (Fsp3) is 0.310. The van der Waals surface area contributed by atoms with E-state index in [2.05, 4.69) is 0 Å². The van der Waals surface area contributed by atoms with E-state index in [9.17, 15) is 22.8 Å². The summed E-state index contributed by atoms with van der Waals surface area (Å²) in [5, 5.41) is 0. The van der Waals surface area contributed by atoms with Crippen molar-refractivity contribution >= 4 is 17.6 Å². The molecule has 1 amide bonds. The van der Waals surface area contributed by atoms with Gasteiger partial charge in [0.05, 0.1) is 18.7 Å². The van der Waals surface area contributed by atoms with Gasteiger partial charge in [0.25, 0.3) is 0 Å². The van der Waals surface area contributed by atoms with Crippen LogP contribution in [0.5, 0.6) is 5.75 Å². The van der Waals surface area contributed by atoms with Crippen LogP contribution in [0.3, 0.4) is 0 Å². The monoisotopic (exact) mass is 513 g/mol. The van der Waals surface area contributed by atoms with Crippen LogP contribution in [0, 0.1) is 0 Å². The number of hydrogen-bond acceptors (Lipinski definition) is 4. The average molecular weight is 514 g/mol. The van der Waals surface area contributed by atoms with Gasteiger partial charge in [0.2, 0.25) is 5.91 Å². The van der Waals surface area contributed by atoms with E-state index < -0.39 is 17.7 Å². The van der Waals surface area contributed by atoms with Crippen molar-refractivity contribution in [1.82, 2.24) is 0 Å². The third-order valence-electron chi connectivity index (χ3n) is 5.67. The van der Waals surface area contributed by atoms with Crippen LogP contribution < -0.4 is 9.64 Å². The maximum Gasteiger partial charge on any atom is 0.416 e. The zero-order valence-corrected chi connectivity index (χ0v) is 20.9. The number of halogens is 3. The Hall–Kier alpha value is -3.81. The summed E-state index contributed by atoms with van der Waals surface area (Å²) in [4.78, 5) is 25.8. The zero-order chi connectivity index (χ0) is 26.8. The summed E-state index contributed by atoms with van der Waals surface area (Å²) in [6.45, 7) is 3.97. The Balaban J connectivity index is 1.74. The number of esters is 1. The minimum Gasteiger partial charge on any atom is -0.482 e. The predicted octanol–water partition coefficient (Wildman–Crippen LogP) is 7.04. The summed E-state index contributed by atoms with van der Waals surface area (Å²) in [5.74, 6) is -0.117. The van der Waals surface area contributed by atoms with E-state index >= 15 is 0 Å². The molecular weight excluding hydrogens is 483 g/mol. The molecule has 37 heavy (non-hydrogen) atoms. The quantitative estimate of drug-likeness (QED) is 0.258. The van der Waals surface area contributed by atoms with E-state index in [1.54, 1.807) is 19.1 Å². The lowest BCUT2D eigenvalue weighted by molar-refractivity contribution is -0.145. The average Bonchev–Trinajstić information content (AvgIpc) is 2.89. The number of carbonyl (C=O) groups excluding carboxylic acids is 2. The molecule has 0 unspecified atom stereocenters. The lowest BCUT2D eigenvalue weighted by Gasteiger charge is -2.24. The van der Waals surface area contributed by atoms with Crippen molar-refractivity contribution in [2.75, 3.05) is 18.1 Å². The standard InChI is InChI=1S/C29H30F3NO4/c1-3-5-9-27(34)33(25-8-6-7-24(18-25)29(30,31)32)19-21-10-12-22(13-11-21)23-14-16-26(17-15-23)37-20-28(35)36-4-2/h6-8,10-18H,3-5,9,19-20H2,1-2H3. The van der Waals surface area contributed by atoms with Gasteiger partial charge in [-0.15, -0.1) is 0 Å². The van der Waals surface area contributed by atoms with Crippen molar-refractivity contribution in [3.8, 4) is 16.9 Å². The first kappa shape index (κ1) is 27.8. The summed E-state index contributed by atoms with van der Waals surface area (Å²) in [5.41, 5.74) is 2.06. The van der Waals surface area contributed by atoms with Gasteiger partial charge in [-0.25, -0.2) is 4.79 Å². The molecule has 8 heteroatoms. The van der Waals surface area contributed by atoms with Crippen LogP contribution in [0.15, 0.2) is 72.8 Å². The van der Waals surface area contributed by atoms with Gasteiger partial charge in [0.1, 0.15) is 5.75 Å². The molecule has 0 N–H and O–H groups in total. The molecule has 0 saturated carbocycles. The molecule has 0 aliphatic rings. The molecule has 5 nitrogen and oxygen atoms in total. The van der Waals surface area contributed by atoms with E-state index in [1.165, 1.54) is 17.0 Å². The first-order valence-corrected chi connectivity index (χ1v) is 12.2. The van der Waals surface area contributed by atoms with Crippen LogP contribution in [0.1, 0.15) is 44.2 Å². The molecule has 0 saturated heterocycles. The fourth-order valence-corrected chi connectivity index (χ4v) is 3.71. The number of hydrogen-bond donors (Lipinski definition) is 0. The third-order valence-corrected chi connectivity index (χ3v) is 5.67. The molecule has 0 aliphatic heterocycles. The van der Waals surface area contributed by atoms with Crippen LogP contribution in [-0.4, -0.2) is 25.1 Å². The highest BCUT2D eigenvalue weighted by molar-refractivity contribution is 5.93. The van der Waals surface area contributed by atoms with Gasteiger partial charge >= 0.3 is 12.1 Å². The molecule has 0 spiro atoms. The molecule has 3 rings (SSSR count). The normalized spacial score (nSPS) is 11.2. The molecule has 0 heterocycles. The Morgan fingerprint density at radius 2 is 1.54 bits per heavy atom. The van der Waals surface area contributed by atoms with Gasteiger partial charge in [0, 0.05) is 12.1 Å². The molecule has 0 radical (unpaired) electrons. The van der Waals surface area contributed by atoms with Crippen LogP contribution >= 0.6 is 0 Å². The highest BCUT2D eigenvalue weighted by atomic mass is 19.4. The molecular formula is C29H30F3NO4. The van der Waals surface area contributed by atoms with E-state index in [0.29, 0.717) is 18.8 Å². The second-order valence-corrected chi connectivity index (χ2v) is 8.45. The number of anilines is 1. The Morgan fingerprint density at radius 1 is 0.892 bits per heavy atom. The molecule has 0 bridgehead atoms. The van der Waals surface area contributed by atoms with Gasteiger partial charge < -0.3 is 14.4 Å². The summed E-state index contributed by atoms with van der Waals surface area (Å²) < 4.78 is 50.1. The van der Waals surface area contributed by atoms with Crippen molar-refractivity contribution in [2.45, 2.75) is 45.8 Å². The predicted molar refractivity (Wildman–Crippen MR) is 136 cm³/mol. The Morgan fingerprint density at radius 3 is 2.14 bits per heavy atom. The van der Waals surface area contributed by atoms with Gasteiger partial charge in [-0.3, -0.25) is 4.79 Å². The molecule has 196 valence electrons. The topological polar surface area (TPSA) is 55.8 Å². The highest BCUT2D eigenvalue weighted by Crippen LogP contribution is 2.32. The van der Waals surface area contributed by atoms with Crippen molar-refractivity contribution < 1.29 is 32.2 Å². The van der Waals surface area contributed by atoms with Crippen LogP contribution in [0.2, 0.25) is 0 Å². The van der Waals surface area contributed by atoms with Gasteiger partial charge in [0.15, 0.2) is 6.61 Å². The van der Waals surface area contributed by atoms with Crippen LogP contribution in [0.4, 0.5) is 18.9 Å². The fourth-order valence-electron chi connectivity index (χ4n) is 3.71. The summed E-state index contributed by atoms with van der Waals surface area (Å²) >= 11 is 0. The number of ether oxygens (including phenoxy) is 2. The summed E-state index contributed by atoms with van der Waals surface area (Å²) in [7, 11) is 0. The Labute approximate surface area is 214 Å². The lowest BCUT2D eigenvalue weighted by Crippen LogP contribution is -2.30. The summed E-state index contributed by atoms with van der Waals surface area (Å²) in [6.07, 6.45) is -2.76. The number of nitrogens with zero attached hydrogens (tertiary/aromatic N) is 1. The van der Waals surface area contributed by atoms with Gasteiger partial charge in [-0.1, -0.05) is 55.8 Å². The second kappa shape index (κ2) is 12.9. The highest BCUT2D eigenvalue weighted by Gasteiger charge is 2.31. The number of rotatable bonds is 11. The number of amides is 1. The molecule has 3 aromatic carbocycles. The molecule has 0 aromatic heterocycles. The number of benzene rings is 3. The SMILES string of the molecule is CCCCC(=O)N(Cc1ccc(-c2ccc(OCC(=O)OCC)cc2)cc1)c1cccc(C(F)(F)F)c1. The molecule has 0 fully saturated rings. The largest absolute Gasteiger partial charge is 0.482 e. The Bertz CT molecular complexity index is 1180. The van der Waals surface area contributed by atoms with E-state index in [1.807, 2.05) is 43.3 Å². The number of alkyl halides is 3. The van der Waals surface area contributed by atoms with Crippen molar-refractivity contribution in [3.05, 3.63) is 83.9 Å². The minimum absolute atomic E-state index is 0.158. The smallest absolute Gasteiger partial charge is 0.416 e. The lowest BCUT2D eigenvalue weighted by atomic mass is 10.0. The van der Waals surface area contributed by atoms with Crippen LogP contribution in [0.25, 0.3) is 11.1 Å². The van der Waals surface area contributed by atoms with E-state index in [0.717, 1.165) is 35.2 Å². The minimum atomic E-state index is -4.49. The van der Waals surface area contributed by atoms with Crippen molar-refractivity contribution in [1.29, 1.82) is 0 Å². The first-order valence-electron chi connectivity index (χ1n) is 12.2. The number of unbranched alkanes of at least 4 members (excludes halogenated alkanes) is 1. The van der Waals surface area contributed by atoms with Gasteiger partial charge in [-0.2, -0.15) is 13.2 Å². The van der Waals surface area contributed by atoms with Crippen molar-refractivity contribution in [3.63, 3.8) is 0 Å². The second-order valence-electron chi connectivity index (χ2n) is 8.45. The first-order chi connectivity index (χ1) is 17.7. The van der Waals surface area contributed by atoms with E-state index in [4.69, 9.17) is 9.47 Å². The van der Waals surface area contributed by atoms with Gasteiger partial charge in [-0.05, 0) is 60.4 Å². The van der Waals surface area contributed by atoms with Crippen LogP contribution in [-0.2, 0) is 27.0 Å². The molecule has 0 atom stereocenters.